The standard InChI is InChI=1S/C13H17N3O2S2/c1-2-19-12-5-3-10(7-12)16-20(17,18)13-6-4-11(8-14)15-9-13/h4,6,9-10,12,16H,2-3,5,7H2,1H3. The van der Waals surface area contributed by atoms with Crippen molar-refractivity contribution in [3.8, 4) is 6.07 Å². The number of nitrogens with one attached hydrogen (secondary N) is 1. The van der Waals surface area contributed by atoms with Crippen LogP contribution < -0.4 is 4.72 Å². The monoisotopic (exact) mass is 311 g/mol. The van der Waals surface area contributed by atoms with Crippen LogP contribution in [-0.2, 0) is 10.0 Å². The van der Waals surface area contributed by atoms with Crippen LogP contribution in [0.3, 0.4) is 0 Å². The molecule has 0 bridgehead atoms. The first-order valence-corrected chi connectivity index (χ1v) is 9.08. The van der Waals surface area contributed by atoms with Crippen LogP contribution in [0.1, 0.15) is 31.9 Å². The maximum Gasteiger partial charge on any atom is 0.242 e. The second kappa shape index (κ2) is 6.57. The predicted octanol–water partition coefficient (Wildman–Crippen LogP) is 1.91. The van der Waals surface area contributed by atoms with Gasteiger partial charge in [-0.15, -0.1) is 0 Å². The molecule has 0 aromatic carbocycles. The summed E-state index contributed by atoms with van der Waals surface area (Å²) in [6.45, 7) is 2.12. The Morgan fingerprint density at radius 3 is 2.90 bits per heavy atom. The van der Waals surface area contributed by atoms with Crippen LogP contribution in [0.4, 0.5) is 0 Å². The number of nitriles is 1. The third-order valence-corrected chi connectivity index (χ3v) is 6.01. The van der Waals surface area contributed by atoms with Crippen molar-refractivity contribution in [2.75, 3.05) is 5.75 Å². The lowest BCUT2D eigenvalue weighted by atomic mass is 10.3. The molecule has 1 aromatic rings. The molecule has 7 heteroatoms. The van der Waals surface area contributed by atoms with Gasteiger partial charge in [-0.05, 0) is 37.1 Å². The third kappa shape index (κ3) is 3.72. The fourth-order valence-corrected chi connectivity index (χ4v) is 4.70. The summed E-state index contributed by atoms with van der Waals surface area (Å²) in [6, 6.07) is 4.70. The molecule has 0 aliphatic heterocycles. The smallest absolute Gasteiger partial charge is 0.242 e. The van der Waals surface area contributed by atoms with Crippen molar-refractivity contribution in [2.24, 2.45) is 0 Å². The van der Waals surface area contributed by atoms with Crippen molar-refractivity contribution in [3.63, 3.8) is 0 Å². The lowest BCUT2D eigenvalue weighted by molar-refractivity contribution is 0.552. The lowest BCUT2D eigenvalue weighted by Crippen LogP contribution is -2.33. The summed E-state index contributed by atoms with van der Waals surface area (Å²) in [4.78, 5) is 3.91. The Hall–Kier alpha value is -1.10. The number of hydrogen-bond acceptors (Lipinski definition) is 5. The van der Waals surface area contributed by atoms with E-state index in [1.54, 1.807) is 0 Å². The summed E-state index contributed by atoms with van der Waals surface area (Å²) in [5, 5.41) is 9.21. The quantitative estimate of drug-likeness (QED) is 0.898. The van der Waals surface area contributed by atoms with Crippen LogP contribution in [-0.4, -0.2) is 30.4 Å². The highest BCUT2D eigenvalue weighted by molar-refractivity contribution is 7.99. The van der Waals surface area contributed by atoms with Crippen molar-refractivity contribution in [3.05, 3.63) is 24.0 Å². The fourth-order valence-electron chi connectivity index (χ4n) is 2.33. The van der Waals surface area contributed by atoms with E-state index in [-0.39, 0.29) is 16.6 Å². The number of thioether (sulfide) groups is 1. The Kier molecular flexibility index (Phi) is 5.02. The lowest BCUT2D eigenvalue weighted by Gasteiger charge is -2.13. The van der Waals surface area contributed by atoms with Gasteiger partial charge >= 0.3 is 0 Å². The van der Waals surface area contributed by atoms with Gasteiger partial charge in [-0.25, -0.2) is 18.1 Å². The minimum Gasteiger partial charge on any atom is -0.244 e. The molecule has 2 unspecified atom stereocenters. The van der Waals surface area contributed by atoms with Crippen LogP contribution in [0.5, 0.6) is 0 Å². The molecule has 0 saturated heterocycles. The molecule has 1 fully saturated rings. The molecule has 5 nitrogen and oxygen atoms in total. The molecule has 0 spiro atoms. The van der Waals surface area contributed by atoms with Crippen LogP contribution in [0, 0.1) is 11.3 Å². The van der Waals surface area contributed by atoms with E-state index in [4.69, 9.17) is 5.26 Å². The molecule has 1 heterocycles. The summed E-state index contributed by atoms with van der Waals surface area (Å²) >= 11 is 1.89. The highest BCUT2D eigenvalue weighted by Crippen LogP contribution is 2.30. The Bertz CT molecular complexity index is 593. The summed E-state index contributed by atoms with van der Waals surface area (Å²) in [5.41, 5.74) is 0.212. The van der Waals surface area contributed by atoms with Crippen LogP contribution in [0.15, 0.2) is 23.2 Å². The zero-order chi connectivity index (χ0) is 14.6. The normalized spacial score (nSPS) is 22.6. The Morgan fingerprint density at radius 2 is 2.30 bits per heavy atom. The van der Waals surface area contributed by atoms with E-state index in [2.05, 4.69) is 16.6 Å². The van der Waals surface area contributed by atoms with Gasteiger partial charge in [-0.3, -0.25) is 0 Å². The molecule has 1 N–H and O–H groups in total. The van der Waals surface area contributed by atoms with Crippen LogP contribution in [0.25, 0.3) is 0 Å². The minimum atomic E-state index is -3.54. The molecule has 108 valence electrons. The van der Waals surface area contributed by atoms with Crippen molar-refractivity contribution >= 4 is 21.8 Å². The molecule has 1 saturated carbocycles. The number of aromatic nitrogens is 1. The van der Waals surface area contributed by atoms with Crippen molar-refractivity contribution in [1.29, 1.82) is 5.26 Å². The minimum absolute atomic E-state index is 0.000284. The SMILES string of the molecule is CCSC1CCC(NS(=O)(=O)c2ccc(C#N)nc2)C1. The van der Waals surface area contributed by atoms with Crippen molar-refractivity contribution < 1.29 is 8.42 Å². The summed E-state index contributed by atoms with van der Waals surface area (Å²) < 4.78 is 27.2. The van der Waals surface area contributed by atoms with E-state index in [1.165, 1.54) is 18.3 Å². The molecule has 2 atom stereocenters. The first-order valence-electron chi connectivity index (χ1n) is 6.55. The average molecular weight is 311 g/mol. The molecule has 0 radical (unpaired) electrons. The summed E-state index contributed by atoms with van der Waals surface area (Å²) in [5.74, 6) is 1.06. The van der Waals surface area contributed by atoms with Gasteiger partial charge < -0.3 is 0 Å². The molecule has 1 aliphatic rings. The second-order valence-electron chi connectivity index (χ2n) is 4.70. The van der Waals surface area contributed by atoms with E-state index >= 15 is 0 Å². The number of sulfonamides is 1. The van der Waals surface area contributed by atoms with E-state index in [1.807, 2.05) is 17.8 Å². The topological polar surface area (TPSA) is 82.9 Å². The fraction of sp³-hybridized carbons (Fsp3) is 0.538. The number of nitrogens with zero attached hydrogens (tertiary/aromatic N) is 2. The Morgan fingerprint density at radius 1 is 1.50 bits per heavy atom. The van der Waals surface area contributed by atoms with Gasteiger partial charge in [-0.2, -0.15) is 17.0 Å². The van der Waals surface area contributed by atoms with Gasteiger partial charge in [0.05, 0.1) is 0 Å². The van der Waals surface area contributed by atoms with Gasteiger partial charge in [0, 0.05) is 17.5 Å². The van der Waals surface area contributed by atoms with Crippen LogP contribution in [0.2, 0.25) is 0 Å². The van der Waals surface area contributed by atoms with Gasteiger partial charge in [0.2, 0.25) is 10.0 Å². The Labute approximate surface area is 123 Å². The first kappa shape index (κ1) is 15.3. The largest absolute Gasteiger partial charge is 0.244 e. The molecule has 20 heavy (non-hydrogen) atoms. The van der Waals surface area contributed by atoms with E-state index in [9.17, 15) is 8.42 Å². The molecule has 1 aromatic heterocycles. The first-order chi connectivity index (χ1) is 9.55. The molecular weight excluding hydrogens is 294 g/mol. The van der Waals surface area contributed by atoms with Crippen LogP contribution >= 0.6 is 11.8 Å². The summed E-state index contributed by atoms with van der Waals surface area (Å²) in [6.07, 6.45) is 4.04. The van der Waals surface area contributed by atoms with Crippen molar-refractivity contribution in [2.45, 2.75) is 42.4 Å². The van der Waals surface area contributed by atoms with Gasteiger partial charge in [0.1, 0.15) is 16.7 Å². The highest BCUT2D eigenvalue weighted by atomic mass is 32.2. The maximum absolute atomic E-state index is 12.2. The number of rotatable bonds is 5. The molecular formula is C13H17N3O2S2. The maximum atomic E-state index is 12.2. The summed E-state index contributed by atoms with van der Waals surface area (Å²) in [7, 11) is -3.54. The number of pyridine rings is 1. The van der Waals surface area contributed by atoms with Gasteiger partial charge in [0.15, 0.2) is 0 Å². The molecule has 1 aliphatic carbocycles. The van der Waals surface area contributed by atoms with E-state index < -0.39 is 10.0 Å². The number of hydrogen-bond donors (Lipinski definition) is 1. The average Bonchev–Trinajstić information content (AvgIpc) is 2.86. The van der Waals surface area contributed by atoms with E-state index in [0.717, 1.165) is 25.0 Å². The predicted molar refractivity (Wildman–Crippen MR) is 78.8 cm³/mol. The second-order valence-corrected chi connectivity index (χ2v) is 7.99. The van der Waals surface area contributed by atoms with E-state index in [0.29, 0.717) is 5.25 Å². The highest BCUT2D eigenvalue weighted by Gasteiger charge is 2.28. The zero-order valence-corrected chi connectivity index (χ0v) is 12.9. The molecule has 2 rings (SSSR count). The van der Waals surface area contributed by atoms with Gasteiger partial charge in [0.25, 0.3) is 0 Å². The Balaban J connectivity index is 2.02. The third-order valence-electron chi connectivity index (χ3n) is 3.27. The molecule has 0 amide bonds. The zero-order valence-electron chi connectivity index (χ0n) is 11.2. The van der Waals surface area contributed by atoms with Crippen molar-refractivity contribution in [1.82, 2.24) is 9.71 Å². The van der Waals surface area contributed by atoms with Gasteiger partial charge in [-0.1, -0.05) is 6.92 Å².